The van der Waals surface area contributed by atoms with Gasteiger partial charge in [-0.2, -0.15) is 0 Å². The lowest BCUT2D eigenvalue weighted by Gasteiger charge is -1.97. The van der Waals surface area contributed by atoms with E-state index in [1.807, 2.05) is 36.4 Å². The molecule has 0 aliphatic carbocycles. The SMILES string of the molecule is O=P(O)(O)O.Oc1cccc2ccccc12. The van der Waals surface area contributed by atoms with Crippen LogP contribution in [0.25, 0.3) is 10.8 Å². The van der Waals surface area contributed by atoms with Gasteiger partial charge in [0.25, 0.3) is 0 Å². The Morgan fingerprint density at radius 3 is 1.94 bits per heavy atom. The smallest absolute Gasteiger partial charge is 0.466 e. The third-order valence-electron chi connectivity index (χ3n) is 1.77. The summed E-state index contributed by atoms with van der Waals surface area (Å²) in [6.07, 6.45) is 0. The molecule has 86 valence electrons. The molecule has 0 fully saturated rings. The highest BCUT2D eigenvalue weighted by Crippen LogP contribution is 2.25. The number of fused-ring (bicyclic) bond motifs is 1. The van der Waals surface area contributed by atoms with E-state index in [9.17, 15) is 5.11 Å². The van der Waals surface area contributed by atoms with Gasteiger partial charge < -0.3 is 19.8 Å². The minimum absolute atomic E-state index is 0.350. The summed E-state index contributed by atoms with van der Waals surface area (Å²) < 4.78 is 8.88. The summed E-state index contributed by atoms with van der Waals surface area (Å²) in [5.74, 6) is 0.350. The maximum Gasteiger partial charge on any atom is 0.466 e. The van der Waals surface area contributed by atoms with E-state index in [2.05, 4.69) is 0 Å². The fourth-order valence-electron chi connectivity index (χ4n) is 1.21. The van der Waals surface area contributed by atoms with Crippen LogP contribution in [-0.4, -0.2) is 19.8 Å². The van der Waals surface area contributed by atoms with Gasteiger partial charge in [0.1, 0.15) is 5.75 Å². The van der Waals surface area contributed by atoms with Crippen molar-refractivity contribution in [3.63, 3.8) is 0 Å². The third-order valence-corrected chi connectivity index (χ3v) is 1.77. The van der Waals surface area contributed by atoms with Crippen molar-refractivity contribution in [2.75, 3.05) is 0 Å². The molecule has 0 saturated carbocycles. The van der Waals surface area contributed by atoms with E-state index >= 15 is 0 Å². The van der Waals surface area contributed by atoms with Gasteiger partial charge >= 0.3 is 7.82 Å². The minimum Gasteiger partial charge on any atom is -0.507 e. The van der Waals surface area contributed by atoms with Crippen LogP contribution < -0.4 is 0 Å². The number of phenolic OH excluding ortho intramolecular Hbond substituents is 1. The van der Waals surface area contributed by atoms with Crippen molar-refractivity contribution in [2.45, 2.75) is 0 Å². The Morgan fingerprint density at radius 2 is 1.38 bits per heavy atom. The molecule has 0 aliphatic heterocycles. The molecule has 0 radical (unpaired) electrons. The van der Waals surface area contributed by atoms with E-state index in [1.165, 1.54) is 0 Å². The standard InChI is InChI=1S/C10H8O.H3O4P/c11-10-7-3-5-8-4-1-2-6-9(8)10;1-5(2,3)4/h1-7,11H;(H3,1,2,3,4). The van der Waals surface area contributed by atoms with Gasteiger partial charge in [-0.15, -0.1) is 0 Å². The molecular weight excluding hydrogens is 231 g/mol. The van der Waals surface area contributed by atoms with Crippen LogP contribution in [0.3, 0.4) is 0 Å². The summed E-state index contributed by atoms with van der Waals surface area (Å²) in [6.45, 7) is 0. The van der Waals surface area contributed by atoms with Crippen molar-refractivity contribution in [3.8, 4) is 5.75 Å². The first-order chi connectivity index (χ1) is 7.38. The highest BCUT2D eigenvalue weighted by molar-refractivity contribution is 7.45. The van der Waals surface area contributed by atoms with Crippen LogP contribution in [0.4, 0.5) is 0 Å². The van der Waals surface area contributed by atoms with Gasteiger partial charge in [-0.1, -0.05) is 36.4 Å². The molecule has 0 amide bonds. The van der Waals surface area contributed by atoms with E-state index < -0.39 is 7.82 Å². The van der Waals surface area contributed by atoms with Crippen LogP contribution in [0.1, 0.15) is 0 Å². The van der Waals surface area contributed by atoms with E-state index in [1.54, 1.807) is 6.07 Å². The molecule has 2 rings (SSSR count). The van der Waals surface area contributed by atoms with Gasteiger partial charge in [-0.25, -0.2) is 4.57 Å². The third kappa shape index (κ3) is 4.42. The van der Waals surface area contributed by atoms with Gasteiger partial charge in [-0.05, 0) is 11.5 Å². The first kappa shape index (κ1) is 12.7. The van der Waals surface area contributed by atoms with Crippen molar-refractivity contribution in [2.24, 2.45) is 0 Å². The Bertz CT molecular complexity index is 506. The summed E-state index contributed by atoms with van der Waals surface area (Å²) in [5.41, 5.74) is 0. The van der Waals surface area contributed by atoms with Gasteiger partial charge in [0.2, 0.25) is 0 Å². The maximum absolute atomic E-state index is 9.37. The number of phosphoric acid groups is 1. The lowest BCUT2D eigenvalue weighted by atomic mass is 10.1. The van der Waals surface area contributed by atoms with E-state index in [0.29, 0.717) is 5.75 Å². The predicted molar refractivity (Wildman–Crippen MR) is 59.9 cm³/mol. The van der Waals surface area contributed by atoms with Gasteiger partial charge in [-0.3, -0.25) is 0 Å². The molecule has 0 unspecified atom stereocenters. The zero-order valence-electron chi connectivity index (χ0n) is 8.19. The van der Waals surface area contributed by atoms with Crippen molar-refractivity contribution in [1.29, 1.82) is 0 Å². The van der Waals surface area contributed by atoms with Crippen molar-refractivity contribution in [1.82, 2.24) is 0 Å². The maximum atomic E-state index is 9.37. The lowest BCUT2D eigenvalue weighted by Crippen LogP contribution is -1.70. The second kappa shape index (κ2) is 5.09. The molecule has 5 nitrogen and oxygen atoms in total. The fourth-order valence-corrected chi connectivity index (χ4v) is 1.21. The Labute approximate surface area is 91.8 Å². The van der Waals surface area contributed by atoms with E-state index in [4.69, 9.17) is 19.2 Å². The van der Waals surface area contributed by atoms with Crippen LogP contribution in [0.5, 0.6) is 5.75 Å². The Kier molecular flexibility index (Phi) is 4.04. The van der Waals surface area contributed by atoms with Crippen molar-refractivity contribution in [3.05, 3.63) is 42.5 Å². The largest absolute Gasteiger partial charge is 0.507 e. The molecule has 4 N–H and O–H groups in total. The molecular formula is C10H11O5P. The molecule has 2 aromatic carbocycles. The Balaban J connectivity index is 0.000000221. The first-order valence-corrected chi connectivity index (χ1v) is 5.89. The fraction of sp³-hybridized carbons (Fsp3) is 0. The zero-order valence-corrected chi connectivity index (χ0v) is 9.08. The molecule has 0 saturated heterocycles. The second-order valence-corrected chi connectivity index (χ2v) is 4.04. The zero-order chi connectivity index (χ0) is 12.2. The average Bonchev–Trinajstić information content (AvgIpc) is 2.16. The molecule has 0 bridgehead atoms. The number of hydrogen-bond acceptors (Lipinski definition) is 2. The molecule has 0 spiro atoms. The van der Waals surface area contributed by atoms with Crippen molar-refractivity contribution >= 4 is 18.6 Å². The quantitative estimate of drug-likeness (QED) is 0.526. The minimum atomic E-state index is -4.64. The number of phenols is 1. The highest BCUT2D eigenvalue weighted by Gasteiger charge is 2.00. The number of hydrogen-bond donors (Lipinski definition) is 4. The van der Waals surface area contributed by atoms with Crippen LogP contribution in [0, 0.1) is 0 Å². The number of aromatic hydroxyl groups is 1. The Hall–Kier alpha value is -1.39. The summed E-state index contributed by atoms with van der Waals surface area (Å²) in [4.78, 5) is 21.6. The topological polar surface area (TPSA) is 98.0 Å². The first-order valence-electron chi connectivity index (χ1n) is 4.33. The molecule has 0 heterocycles. The van der Waals surface area contributed by atoms with Gasteiger partial charge in [0.15, 0.2) is 0 Å². The monoisotopic (exact) mass is 242 g/mol. The summed E-state index contributed by atoms with van der Waals surface area (Å²) in [6, 6.07) is 13.3. The summed E-state index contributed by atoms with van der Waals surface area (Å²) in [5, 5.41) is 11.4. The lowest BCUT2D eigenvalue weighted by molar-refractivity contribution is 0.275. The van der Waals surface area contributed by atoms with Crippen LogP contribution in [-0.2, 0) is 4.57 Å². The van der Waals surface area contributed by atoms with Crippen LogP contribution in [0.2, 0.25) is 0 Å². The molecule has 2 aromatic rings. The average molecular weight is 242 g/mol. The normalized spacial score (nSPS) is 10.7. The summed E-state index contributed by atoms with van der Waals surface area (Å²) in [7, 11) is -4.64. The Morgan fingerprint density at radius 1 is 0.875 bits per heavy atom. The molecule has 0 atom stereocenters. The second-order valence-electron chi connectivity index (χ2n) is 3.01. The van der Waals surface area contributed by atoms with Crippen LogP contribution in [0.15, 0.2) is 42.5 Å². The van der Waals surface area contributed by atoms with Crippen LogP contribution >= 0.6 is 7.82 Å². The van der Waals surface area contributed by atoms with Gasteiger partial charge in [0, 0.05) is 5.39 Å². The molecule has 16 heavy (non-hydrogen) atoms. The molecule has 0 aliphatic rings. The number of benzene rings is 2. The molecule has 0 aromatic heterocycles. The summed E-state index contributed by atoms with van der Waals surface area (Å²) >= 11 is 0. The number of rotatable bonds is 0. The van der Waals surface area contributed by atoms with E-state index in [0.717, 1.165) is 10.8 Å². The van der Waals surface area contributed by atoms with Gasteiger partial charge in [0.05, 0.1) is 0 Å². The molecule has 6 heteroatoms. The highest BCUT2D eigenvalue weighted by atomic mass is 31.2. The van der Waals surface area contributed by atoms with E-state index in [-0.39, 0.29) is 0 Å². The predicted octanol–water partition coefficient (Wildman–Crippen LogP) is 1.62. The van der Waals surface area contributed by atoms with Crippen molar-refractivity contribution < 1.29 is 24.4 Å².